The van der Waals surface area contributed by atoms with Crippen LogP contribution in [0.25, 0.3) is 5.70 Å². The maximum atomic E-state index is 14.4. The molecule has 47 heavy (non-hydrogen) atoms. The second kappa shape index (κ2) is 14.6. The maximum absolute atomic E-state index is 14.4. The van der Waals surface area contributed by atoms with E-state index in [1.54, 1.807) is 12.1 Å². The van der Waals surface area contributed by atoms with Gasteiger partial charge in [-0.2, -0.15) is 0 Å². The number of hydrogen-bond acceptors (Lipinski definition) is 9. The van der Waals surface area contributed by atoms with Gasteiger partial charge in [0.1, 0.15) is 17.3 Å². The molecule has 11 nitrogen and oxygen atoms in total. The van der Waals surface area contributed by atoms with Crippen molar-refractivity contribution in [1.82, 2.24) is 19.8 Å². The van der Waals surface area contributed by atoms with Gasteiger partial charge in [0.2, 0.25) is 10.0 Å². The minimum absolute atomic E-state index is 0.0721. The first-order chi connectivity index (χ1) is 22.9. The molecule has 2 fully saturated rings. The maximum Gasteiger partial charge on any atom is 0.272 e. The van der Waals surface area contributed by atoms with E-state index in [1.165, 1.54) is 19.2 Å². The van der Waals surface area contributed by atoms with Gasteiger partial charge in [-0.3, -0.25) is 9.69 Å². The highest BCUT2D eigenvalue weighted by atomic mass is 32.2. The van der Waals surface area contributed by atoms with Crippen molar-refractivity contribution in [2.75, 3.05) is 82.5 Å². The van der Waals surface area contributed by atoms with E-state index in [0.717, 1.165) is 48.8 Å². The lowest BCUT2D eigenvalue weighted by molar-refractivity contribution is -0.128. The third-order valence-electron chi connectivity index (χ3n) is 8.63. The van der Waals surface area contributed by atoms with Gasteiger partial charge in [0.15, 0.2) is 0 Å². The molecule has 248 valence electrons. The Morgan fingerprint density at radius 3 is 2.34 bits per heavy atom. The zero-order valence-corrected chi connectivity index (χ0v) is 27.5. The van der Waals surface area contributed by atoms with Crippen molar-refractivity contribution in [1.29, 1.82) is 0 Å². The topological polar surface area (TPSA) is 107 Å². The number of rotatable bonds is 11. The van der Waals surface area contributed by atoms with E-state index in [-0.39, 0.29) is 17.3 Å². The van der Waals surface area contributed by atoms with Gasteiger partial charge >= 0.3 is 0 Å². The number of nitrogens with one attached hydrogen (secondary N) is 2. The summed E-state index contributed by atoms with van der Waals surface area (Å²) >= 11 is 0. The third-order valence-corrected chi connectivity index (χ3v) is 10.1. The van der Waals surface area contributed by atoms with Crippen LogP contribution in [0.15, 0.2) is 102 Å². The number of ether oxygens (including phenoxy) is 2. The molecule has 0 aromatic heterocycles. The van der Waals surface area contributed by atoms with Crippen LogP contribution >= 0.6 is 0 Å². The number of methoxy groups -OCH3 is 1. The molecule has 0 radical (unpaired) electrons. The van der Waals surface area contributed by atoms with Crippen molar-refractivity contribution in [2.45, 2.75) is 11.3 Å². The molecule has 2 saturated heterocycles. The lowest BCUT2D eigenvalue weighted by Gasteiger charge is -2.31. The van der Waals surface area contributed by atoms with Crippen LogP contribution in [0.3, 0.4) is 0 Å². The molecule has 0 atom stereocenters. The number of piperazine rings is 1. The summed E-state index contributed by atoms with van der Waals surface area (Å²) in [6.07, 6.45) is 0.441. The Morgan fingerprint density at radius 2 is 1.64 bits per heavy atom. The molecule has 0 saturated carbocycles. The zero-order valence-electron chi connectivity index (χ0n) is 26.7. The van der Waals surface area contributed by atoms with Crippen molar-refractivity contribution in [3.8, 4) is 5.75 Å². The van der Waals surface area contributed by atoms with Gasteiger partial charge in [0.05, 0.1) is 30.9 Å². The largest absolute Gasteiger partial charge is 0.497 e. The Kier molecular flexibility index (Phi) is 10.1. The molecule has 2 N–H and O–H groups in total. The zero-order chi connectivity index (χ0) is 32.8. The molecular weight excluding hydrogens is 616 g/mol. The summed E-state index contributed by atoms with van der Waals surface area (Å²) in [7, 11) is -2.19. The van der Waals surface area contributed by atoms with Crippen LogP contribution in [-0.2, 0) is 19.6 Å². The Bertz CT molecular complexity index is 1700. The average molecular weight is 659 g/mol. The number of nitrogens with zero attached hydrogens (tertiary/aromatic N) is 4. The smallest absolute Gasteiger partial charge is 0.272 e. The van der Waals surface area contributed by atoms with Crippen molar-refractivity contribution < 1.29 is 22.7 Å². The molecule has 0 unspecified atom stereocenters. The molecule has 0 aliphatic carbocycles. The molecule has 3 aliphatic heterocycles. The second-order valence-electron chi connectivity index (χ2n) is 11.6. The van der Waals surface area contributed by atoms with Gasteiger partial charge in [-0.1, -0.05) is 43.0 Å². The van der Waals surface area contributed by atoms with Crippen molar-refractivity contribution >= 4 is 33.0 Å². The standard InChI is InChI=1S/C35H42N6O5S/c1-27-40(19-7-16-37-47(43,44)32-14-12-31(45-2)13-15-32)34(35(42)39-20-17-36-18-21-39)33(28-8-4-3-5-9-28)41(27)30-11-6-10-29(26-30)38-22-24-46-25-23-38/h3-6,8-15,26,36-37H,1,7,16-25H2,2H3. The molecule has 3 heterocycles. The number of amides is 1. The van der Waals surface area contributed by atoms with Gasteiger partial charge in [-0.25, -0.2) is 13.1 Å². The van der Waals surface area contributed by atoms with Crippen molar-refractivity contribution in [2.24, 2.45) is 0 Å². The van der Waals surface area contributed by atoms with E-state index in [4.69, 9.17) is 9.47 Å². The van der Waals surface area contributed by atoms with E-state index >= 15 is 0 Å². The minimum atomic E-state index is -3.73. The van der Waals surface area contributed by atoms with Gasteiger partial charge < -0.3 is 29.5 Å². The molecule has 3 aromatic rings. The Hall–Kier alpha value is -4.36. The Balaban J connectivity index is 1.32. The SMILES string of the molecule is C=C1N(CCCNS(=O)(=O)c2ccc(OC)cc2)C(C(=O)N2CCNCC2)=C(c2ccccc2)N1c1cccc(N2CCOCC2)c1. The summed E-state index contributed by atoms with van der Waals surface area (Å²) in [5.41, 5.74) is 4.17. The van der Waals surface area contributed by atoms with Crippen molar-refractivity contribution in [3.63, 3.8) is 0 Å². The van der Waals surface area contributed by atoms with Crippen LogP contribution in [0.5, 0.6) is 5.75 Å². The van der Waals surface area contributed by atoms with E-state index in [1.807, 2.05) is 52.3 Å². The lowest BCUT2D eigenvalue weighted by atomic mass is 10.1. The summed E-state index contributed by atoms with van der Waals surface area (Å²) in [4.78, 5) is 22.8. The average Bonchev–Trinajstić information content (AvgIpc) is 3.42. The van der Waals surface area contributed by atoms with Crippen LogP contribution in [-0.4, -0.2) is 96.8 Å². The van der Waals surface area contributed by atoms with E-state index in [2.05, 4.69) is 38.6 Å². The summed E-state index contributed by atoms with van der Waals surface area (Å²) in [6.45, 7) is 10.7. The fourth-order valence-electron chi connectivity index (χ4n) is 6.16. The van der Waals surface area contributed by atoms with E-state index < -0.39 is 10.0 Å². The quantitative estimate of drug-likeness (QED) is 0.301. The van der Waals surface area contributed by atoms with Crippen LogP contribution < -0.4 is 24.6 Å². The molecule has 12 heteroatoms. The summed E-state index contributed by atoms with van der Waals surface area (Å²) in [5, 5.41) is 3.33. The monoisotopic (exact) mass is 658 g/mol. The molecule has 6 rings (SSSR count). The van der Waals surface area contributed by atoms with Gasteiger partial charge in [0.25, 0.3) is 5.91 Å². The first-order valence-corrected chi connectivity index (χ1v) is 17.5. The summed E-state index contributed by atoms with van der Waals surface area (Å²) < 4.78 is 39.5. The summed E-state index contributed by atoms with van der Waals surface area (Å²) in [6, 6.07) is 24.5. The number of anilines is 2. The highest BCUT2D eigenvalue weighted by Gasteiger charge is 2.40. The van der Waals surface area contributed by atoms with Crippen LogP contribution in [0.1, 0.15) is 12.0 Å². The van der Waals surface area contributed by atoms with Crippen LogP contribution in [0, 0.1) is 0 Å². The lowest BCUT2D eigenvalue weighted by Crippen LogP contribution is -2.48. The molecular formula is C35H42N6O5S. The van der Waals surface area contributed by atoms with E-state index in [0.29, 0.717) is 56.5 Å². The van der Waals surface area contributed by atoms with Crippen molar-refractivity contribution in [3.05, 3.63) is 103 Å². The third kappa shape index (κ3) is 7.15. The number of morpholine rings is 1. The number of carbonyl (C=O) groups is 1. The van der Waals surface area contributed by atoms with Crippen LogP contribution in [0.2, 0.25) is 0 Å². The normalized spacial score (nSPS) is 17.4. The Labute approximate surface area is 277 Å². The number of sulfonamides is 1. The molecule has 1 amide bonds. The van der Waals surface area contributed by atoms with Gasteiger partial charge in [-0.05, 0) is 48.9 Å². The number of benzene rings is 3. The van der Waals surface area contributed by atoms with E-state index in [9.17, 15) is 13.2 Å². The Morgan fingerprint density at radius 1 is 0.936 bits per heavy atom. The summed E-state index contributed by atoms with van der Waals surface area (Å²) in [5.74, 6) is 1.15. The number of hydrogen-bond donors (Lipinski definition) is 2. The fourth-order valence-corrected chi connectivity index (χ4v) is 7.23. The minimum Gasteiger partial charge on any atom is -0.497 e. The van der Waals surface area contributed by atoms with Crippen LogP contribution in [0.4, 0.5) is 11.4 Å². The van der Waals surface area contributed by atoms with Gasteiger partial charge in [0, 0.05) is 69.3 Å². The predicted molar refractivity (Wildman–Crippen MR) is 183 cm³/mol. The first kappa shape index (κ1) is 32.6. The number of carbonyl (C=O) groups excluding carboxylic acids is 1. The predicted octanol–water partition coefficient (Wildman–Crippen LogP) is 3.29. The highest BCUT2D eigenvalue weighted by molar-refractivity contribution is 7.89. The second-order valence-corrected chi connectivity index (χ2v) is 13.3. The fraction of sp³-hybridized carbons (Fsp3) is 0.343. The molecule has 3 aliphatic rings. The molecule has 0 bridgehead atoms. The molecule has 3 aromatic carbocycles. The highest BCUT2D eigenvalue weighted by Crippen LogP contribution is 2.43. The van der Waals surface area contributed by atoms with Gasteiger partial charge in [-0.15, -0.1) is 0 Å². The first-order valence-electron chi connectivity index (χ1n) is 16.0. The molecule has 0 spiro atoms.